The van der Waals surface area contributed by atoms with Crippen molar-refractivity contribution in [1.82, 2.24) is 0 Å². The van der Waals surface area contributed by atoms with Gasteiger partial charge in [-0.15, -0.1) is 0 Å². The van der Waals surface area contributed by atoms with Crippen LogP contribution in [0.15, 0.2) is 0 Å². The Morgan fingerprint density at radius 1 is 1.13 bits per heavy atom. The van der Waals surface area contributed by atoms with Gasteiger partial charge in [-0.1, -0.05) is 0 Å². The minimum Gasteiger partial charge on any atom is -0.394 e. The molecule has 0 bridgehead atoms. The highest BCUT2D eigenvalue weighted by molar-refractivity contribution is 4.88. The Balaban J connectivity index is 2.65. The van der Waals surface area contributed by atoms with E-state index in [4.69, 9.17) is 14.6 Å². The Bertz CT molecular complexity index is 195. The van der Waals surface area contributed by atoms with Crippen molar-refractivity contribution in [1.29, 1.82) is 0 Å². The number of hydrogen-bond donors (Lipinski definition) is 4. The van der Waals surface area contributed by atoms with Gasteiger partial charge >= 0.3 is 0 Å². The minimum absolute atomic E-state index is 0.188. The summed E-state index contributed by atoms with van der Waals surface area (Å²) in [7, 11) is 0. The van der Waals surface area contributed by atoms with E-state index < -0.39 is 37.3 Å². The zero-order valence-corrected chi connectivity index (χ0v) is 8.78. The van der Waals surface area contributed by atoms with Crippen molar-refractivity contribution in [2.45, 2.75) is 50.7 Å². The van der Waals surface area contributed by atoms with Crippen LogP contribution >= 0.6 is 0 Å². The molecule has 1 aliphatic heterocycles. The van der Waals surface area contributed by atoms with E-state index in [-0.39, 0.29) is 6.10 Å². The molecule has 1 aliphatic rings. The molecule has 0 radical (unpaired) electrons. The number of aliphatic hydroxyl groups excluding tert-OH is 4. The maximum absolute atomic E-state index is 9.53. The van der Waals surface area contributed by atoms with Crippen LogP contribution < -0.4 is 0 Å². The molecular formula is C9H18O6. The SMILES string of the molecule is CC(C)O[C@H]1OC(CO)[C@H](O)C(O)C1O. The summed E-state index contributed by atoms with van der Waals surface area (Å²) in [5, 5.41) is 37.3. The molecule has 0 amide bonds. The standard InChI is InChI=1S/C9H18O6/c1-4(2)14-9-8(13)7(12)6(11)5(3-10)15-9/h4-13H,3H2,1-2H3/t5?,6-,7?,8?,9-/m0/s1. The number of ether oxygens (including phenoxy) is 2. The Kier molecular flexibility index (Phi) is 4.45. The first-order chi connectivity index (χ1) is 6.97. The van der Waals surface area contributed by atoms with E-state index in [1.165, 1.54) is 0 Å². The number of aliphatic hydroxyl groups is 4. The monoisotopic (exact) mass is 222 g/mol. The first-order valence-corrected chi connectivity index (χ1v) is 4.93. The fraction of sp³-hybridized carbons (Fsp3) is 1.00. The van der Waals surface area contributed by atoms with E-state index >= 15 is 0 Å². The topological polar surface area (TPSA) is 99.4 Å². The van der Waals surface area contributed by atoms with Crippen molar-refractivity contribution in [3.05, 3.63) is 0 Å². The molecule has 6 heteroatoms. The first kappa shape index (κ1) is 12.8. The fourth-order valence-corrected chi connectivity index (χ4v) is 1.45. The van der Waals surface area contributed by atoms with E-state index in [0.717, 1.165) is 0 Å². The van der Waals surface area contributed by atoms with Gasteiger partial charge in [0.15, 0.2) is 6.29 Å². The molecule has 6 nitrogen and oxygen atoms in total. The van der Waals surface area contributed by atoms with Gasteiger partial charge in [-0.05, 0) is 13.8 Å². The molecule has 1 fully saturated rings. The smallest absolute Gasteiger partial charge is 0.186 e. The van der Waals surface area contributed by atoms with Gasteiger partial charge in [0, 0.05) is 0 Å². The van der Waals surface area contributed by atoms with Crippen LogP contribution in [0.5, 0.6) is 0 Å². The third-order valence-corrected chi connectivity index (χ3v) is 2.25. The highest BCUT2D eigenvalue weighted by atomic mass is 16.7. The minimum atomic E-state index is -1.38. The molecule has 0 aliphatic carbocycles. The van der Waals surface area contributed by atoms with Gasteiger partial charge in [-0.3, -0.25) is 0 Å². The van der Waals surface area contributed by atoms with Gasteiger partial charge in [-0.2, -0.15) is 0 Å². The van der Waals surface area contributed by atoms with Crippen LogP contribution in [0.1, 0.15) is 13.8 Å². The second-order valence-corrected chi connectivity index (χ2v) is 3.88. The lowest BCUT2D eigenvalue weighted by atomic mass is 9.99. The van der Waals surface area contributed by atoms with Crippen LogP contribution in [0.2, 0.25) is 0 Å². The first-order valence-electron chi connectivity index (χ1n) is 4.93. The molecule has 15 heavy (non-hydrogen) atoms. The van der Waals surface area contributed by atoms with Crippen LogP contribution in [0.25, 0.3) is 0 Å². The third kappa shape index (κ3) is 2.87. The highest BCUT2D eigenvalue weighted by Crippen LogP contribution is 2.22. The molecule has 0 saturated carbocycles. The fourth-order valence-electron chi connectivity index (χ4n) is 1.45. The van der Waals surface area contributed by atoms with E-state index in [1.54, 1.807) is 13.8 Å². The Morgan fingerprint density at radius 2 is 1.73 bits per heavy atom. The lowest BCUT2D eigenvalue weighted by molar-refractivity contribution is -0.308. The summed E-state index contributed by atoms with van der Waals surface area (Å²) in [6, 6.07) is 0. The van der Waals surface area contributed by atoms with Crippen LogP contribution in [-0.4, -0.2) is 63.8 Å². The predicted molar refractivity (Wildman–Crippen MR) is 50.0 cm³/mol. The maximum atomic E-state index is 9.53. The molecule has 5 atom stereocenters. The Hall–Kier alpha value is -0.240. The molecule has 3 unspecified atom stereocenters. The summed E-state index contributed by atoms with van der Waals surface area (Å²) in [6.07, 6.45) is -6.15. The largest absolute Gasteiger partial charge is 0.394 e. The summed E-state index contributed by atoms with van der Waals surface area (Å²) >= 11 is 0. The van der Waals surface area contributed by atoms with Crippen molar-refractivity contribution >= 4 is 0 Å². The third-order valence-electron chi connectivity index (χ3n) is 2.25. The van der Waals surface area contributed by atoms with Crippen LogP contribution in [0.4, 0.5) is 0 Å². The molecule has 0 spiro atoms. The number of rotatable bonds is 3. The lowest BCUT2D eigenvalue weighted by Gasteiger charge is -2.40. The average molecular weight is 222 g/mol. The summed E-state index contributed by atoms with van der Waals surface area (Å²) in [5.74, 6) is 0. The second-order valence-electron chi connectivity index (χ2n) is 3.88. The van der Waals surface area contributed by atoms with E-state index in [2.05, 4.69) is 0 Å². The highest BCUT2D eigenvalue weighted by Gasteiger charge is 2.44. The van der Waals surface area contributed by atoms with E-state index in [1.807, 2.05) is 0 Å². The summed E-state index contributed by atoms with van der Waals surface area (Å²) in [4.78, 5) is 0. The zero-order valence-electron chi connectivity index (χ0n) is 8.78. The number of hydrogen-bond acceptors (Lipinski definition) is 6. The molecule has 4 N–H and O–H groups in total. The van der Waals surface area contributed by atoms with Gasteiger partial charge in [0.05, 0.1) is 12.7 Å². The van der Waals surface area contributed by atoms with Gasteiger partial charge < -0.3 is 29.9 Å². The van der Waals surface area contributed by atoms with Crippen molar-refractivity contribution in [2.75, 3.05) is 6.61 Å². The average Bonchev–Trinajstić information content (AvgIpc) is 2.18. The summed E-state index contributed by atoms with van der Waals surface area (Å²) in [6.45, 7) is 3.06. The van der Waals surface area contributed by atoms with Crippen molar-refractivity contribution in [3.63, 3.8) is 0 Å². The van der Waals surface area contributed by atoms with Crippen molar-refractivity contribution in [2.24, 2.45) is 0 Å². The molecule has 0 aromatic rings. The molecule has 0 aromatic heterocycles. The molecular weight excluding hydrogens is 204 g/mol. The lowest BCUT2D eigenvalue weighted by Crippen LogP contribution is -2.59. The van der Waals surface area contributed by atoms with Crippen LogP contribution in [0, 0.1) is 0 Å². The van der Waals surface area contributed by atoms with E-state index in [0.29, 0.717) is 0 Å². The van der Waals surface area contributed by atoms with Crippen LogP contribution in [0.3, 0.4) is 0 Å². The second kappa shape index (κ2) is 5.20. The van der Waals surface area contributed by atoms with Gasteiger partial charge in [0.1, 0.15) is 24.4 Å². The van der Waals surface area contributed by atoms with Crippen molar-refractivity contribution in [3.8, 4) is 0 Å². The molecule has 0 aromatic carbocycles. The summed E-state index contributed by atoms with van der Waals surface area (Å²) in [5.41, 5.74) is 0. The molecule has 90 valence electrons. The quantitative estimate of drug-likeness (QED) is 0.450. The maximum Gasteiger partial charge on any atom is 0.186 e. The van der Waals surface area contributed by atoms with E-state index in [9.17, 15) is 15.3 Å². The van der Waals surface area contributed by atoms with Crippen LogP contribution in [-0.2, 0) is 9.47 Å². The Morgan fingerprint density at radius 3 is 2.20 bits per heavy atom. The normalized spacial score (nSPS) is 42.2. The zero-order chi connectivity index (χ0) is 11.6. The van der Waals surface area contributed by atoms with Gasteiger partial charge in [0.25, 0.3) is 0 Å². The molecule has 1 heterocycles. The molecule has 1 saturated heterocycles. The predicted octanol–water partition coefficient (Wildman–Crippen LogP) is -1.79. The van der Waals surface area contributed by atoms with Gasteiger partial charge in [0.2, 0.25) is 0 Å². The van der Waals surface area contributed by atoms with Gasteiger partial charge in [-0.25, -0.2) is 0 Å². The van der Waals surface area contributed by atoms with Crippen molar-refractivity contribution < 1.29 is 29.9 Å². The molecule has 1 rings (SSSR count). The summed E-state index contributed by atoms with van der Waals surface area (Å²) < 4.78 is 10.3. The Labute approximate surface area is 88.1 Å².